The third-order valence-corrected chi connectivity index (χ3v) is 2.74. The smallest absolute Gasteiger partial charge is 0.00669 e. The van der Waals surface area contributed by atoms with E-state index in [1.165, 1.54) is 45.2 Å². The Bertz CT molecular complexity index is 101. The number of hydrogen-bond donors (Lipinski definition) is 0. The summed E-state index contributed by atoms with van der Waals surface area (Å²) >= 11 is 0. The lowest BCUT2D eigenvalue weighted by Gasteiger charge is -2.33. The predicted octanol–water partition coefficient (Wildman–Crippen LogP) is 3.69. The minimum Gasteiger partial charge on any atom is -0.301 e. The van der Waals surface area contributed by atoms with E-state index in [4.69, 9.17) is 0 Å². The molecule has 1 nitrogen and oxygen atoms in total. The molecule has 1 fully saturated rings. The van der Waals surface area contributed by atoms with E-state index >= 15 is 0 Å². The van der Waals surface area contributed by atoms with Crippen molar-refractivity contribution in [1.29, 1.82) is 0 Å². The van der Waals surface area contributed by atoms with Gasteiger partial charge < -0.3 is 4.90 Å². The predicted molar refractivity (Wildman–Crippen MR) is 61.1 cm³/mol. The van der Waals surface area contributed by atoms with Crippen molar-refractivity contribution in [3.8, 4) is 0 Å². The van der Waals surface area contributed by atoms with E-state index in [1.54, 1.807) is 0 Å². The summed E-state index contributed by atoms with van der Waals surface area (Å²) in [5.41, 5.74) is 0. The highest BCUT2D eigenvalue weighted by Crippen LogP contribution is 2.16. The highest BCUT2D eigenvalue weighted by Gasteiger charge is 2.16. The summed E-state index contributed by atoms with van der Waals surface area (Å²) in [6, 6.07) is 0.857. The number of hydrogen-bond acceptors (Lipinski definition) is 1. The van der Waals surface area contributed by atoms with E-state index in [9.17, 15) is 0 Å². The van der Waals surface area contributed by atoms with E-state index < -0.39 is 0 Å². The van der Waals surface area contributed by atoms with Crippen LogP contribution in [-0.4, -0.2) is 24.0 Å². The monoisotopic (exact) mass is 185 g/mol. The zero-order valence-electron chi connectivity index (χ0n) is 9.97. The fraction of sp³-hybridized carbons (Fsp3) is 1.00. The van der Waals surface area contributed by atoms with Gasteiger partial charge in [-0.3, -0.25) is 0 Å². The molecule has 1 aliphatic rings. The topological polar surface area (TPSA) is 3.24 Å². The third-order valence-electron chi connectivity index (χ3n) is 2.74. The van der Waals surface area contributed by atoms with Crippen molar-refractivity contribution in [1.82, 2.24) is 4.90 Å². The highest BCUT2D eigenvalue weighted by molar-refractivity contribution is 4.72. The average molecular weight is 185 g/mol. The van der Waals surface area contributed by atoms with E-state index in [2.05, 4.69) is 18.7 Å². The maximum atomic E-state index is 2.65. The molecule has 0 bridgehead atoms. The van der Waals surface area contributed by atoms with Crippen LogP contribution in [0, 0.1) is 0 Å². The second kappa shape index (κ2) is 8.55. The molecule has 1 rings (SSSR count). The molecule has 13 heavy (non-hydrogen) atoms. The van der Waals surface area contributed by atoms with E-state index in [-0.39, 0.29) is 0 Å². The van der Waals surface area contributed by atoms with Gasteiger partial charge in [-0.2, -0.15) is 0 Å². The highest BCUT2D eigenvalue weighted by atomic mass is 15.1. The zero-order chi connectivity index (χ0) is 10.1. The van der Waals surface area contributed by atoms with E-state index in [0.29, 0.717) is 0 Å². The lowest BCUT2D eigenvalue weighted by atomic mass is 10.0. The first-order valence-electron chi connectivity index (χ1n) is 6.08. The zero-order valence-corrected chi connectivity index (χ0v) is 9.97. The van der Waals surface area contributed by atoms with Gasteiger partial charge in [0.05, 0.1) is 0 Å². The molecule has 1 atom stereocenters. The lowest BCUT2D eigenvalue weighted by molar-refractivity contribution is 0.158. The Morgan fingerprint density at radius 1 is 1.23 bits per heavy atom. The van der Waals surface area contributed by atoms with Crippen molar-refractivity contribution in [3.05, 3.63) is 0 Å². The summed E-state index contributed by atoms with van der Waals surface area (Å²) < 4.78 is 0. The number of unbranched alkanes of at least 4 members (excludes halogenated alkanes) is 1. The Hall–Kier alpha value is -0.0400. The van der Waals surface area contributed by atoms with E-state index in [0.717, 1.165) is 6.04 Å². The molecular formula is C12H27N. The summed E-state index contributed by atoms with van der Waals surface area (Å²) in [7, 11) is 0. The molecule has 0 radical (unpaired) electrons. The van der Waals surface area contributed by atoms with Gasteiger partial charge in [0, 0.05) is 6.04 Å². The van der Waals surface area contributed by atoms with Crippen LogP contribution in [0.15, 0.2) is 0 Å². The summed E-state index contributed by atoms with van der Waals surface area (Å²) in [6.07, 6.45) is 7.01. The molecule has 0 aliphatic carbocycles. The van der Waals surface area contributed by atoms with Crippen LogP contribution in [0.3, 0.4) is 0 Å². The fourth-order valence-corrected chi connectivity index (χ4v) is 1.85. The summed E-state index contributed by atoms with van der Waals surface area (Å²) in [5.74, 6) is 0. The van der Waals surface area contributed by atoms with Gasteiger partial charge in [0.2, 0.25) is 0 Å². The molecule has 1 heterocycles. The first-order valence-corrected chi connectivity index (χ1v) is 6.08. The van der Waals surface area contributed by atoms with E-state index in [1.807, 2.05) is 13.8 Å². The molecule has 0 spiro atoms. The van der Waals surface area contributed by atoms with Crippen molar-refractivity contribution in [2.24, 2.45) is 0 Å². The van der Waals surface area contributed by atoms with Gasteiger partial charge in [-0.05, 0) is 39.3 Å². The van der Waals surface area contributed by atoms with Gasteiger partial charge >= 0.3 is 0 Å². The van der Waals surface area contributed by atoms with Crippen LogP contribution in [0.25, 0.3) is 0 Å². The van der Waals surface area contributed by atoms with Crippen molar-refractivity contribution in [2.75, 3.05) is 13.1 Å². The third kappa shape index (κ3) is 5.30. The lowest BCUT2D eigenvalue weighted by Crippen LogP contribution is -2.37. The molecule has 1 saturated heterocycles. The molecule has 1 unspecified atom stereocenters. The summed E-state index contributed by atoms with van der Waals surface area (Å²) in [6.45, 7) is 11.3. The number of rotatable bonds is 3. The van der Waals surface area contributed by atoms with Crippen LogP contribution in [0.4, 0.5) is 0 Å². The molecule has 0 amide bonds. The standard InChI is InChI=1S/C10H21N.C2H6/c1-3-4-8-11-9-6-5-7-10(11)2;1-2/h10H,3-9H2,1-2H3;1-2H3. The SMILES string of the molecule is CC.CCCCN1CCCCC1C. The van der Waals surface area contributed by atoms with Crippen LogP contribution in [0.1, 0.15) is 59.8 Å². The number of likely N-dealkylation sites (tertiary alicyclic amines) is 1. The fourth-order valence-electron chi connectivity index (χ4n) is 1.85. The van der Waals surface area contributed by atoms with Gasteiger partial charge in [-0.1, -0.05) is 33.6 Å². The van der Waals surface area contributed by atoms with Crippen molar-refractivity contribution >= 4 is 0 Å². The molecule has 0 aromatic carbocycles. The minimum atomic E-state index is 0.857. The molecule has 1 heteroatoms. The van der Waals surface area contributed by atoms with Gasteiger partial charge in [-0.15, -0.1) is 0 Å². The maximum absolute atomic E-state index is 2.65. The molecule has 0 saturated carbocycles. The average Bonchev–Trinajstić information content (AvgIpc) is 2.20. The number of nitrogens with zero attached hydrogens (tertiary/aromatic N) is 1. The van der Waals surface area contributed by atoms with Gasteiger partial charge in [0.15, 0.2) is 0 Å². The molecule has 1 aliphatic heterocycles. The first kappa shape index (κ1) is 13.0. The van der Waals surface area contributed by atoms with Crippen LogP contribution in [0.2, 0.25) is 0 Å². The minimum absolute atomic E-state index is 0.857. The molecule has 0 N–H and O–H groups in total. The number of piperidine rings is 1. The summed E-state index contributed by atoms with van der Waals surface area (Å²) in [4.78, 5) is 2.65. The van der Waals surface area contributed by atoms with Gasteiger partial charge in [0.25, 0.3) is 0 Å². The molecule has 0 aromatic heterocycles. The Morgan fingerprint density at radius 3 is 2.46 bits per heavy atom. The Morgan fingerprint density at radius 2 is 1.92 bits per heavy atom. The van der Waals surface area contributed by atoms with Gasteiger partial charge in [0.1, 0.15) is 0 Å². The van der Waals surface area contributed by atoms with Crippen molar-refractivity contribution in [3.63, 3.8) is 0 Å². The van der Waals surface area contributed by atoms with Crippen molar-refractivity contribution < 1.29 is 0 Å². The molecular weight excluding hydrogens is 158 g/mol. The van der Waals surface area contributed by atoms with Crippen LogP contribution < -0.4 is 0 Å². The Kier molecular flexibility index (Phi) is 8.53. The molecule has 0 aromatic rings. The van der Waals surface area contributed by atoms with Crippen LogP contribution >= 0.6 is 0 Å². The largest absolute Gasteiger partial charge is 0.301 e. The van der Waals surface area contributed by atoms with Gasteiger partial charge in [-0.25, -0.2) is 0 Å². The Balaban J connectivity index is 0.000000671. The van der Waals surface area contributed by atoms with Crippen LogP contribution in [0.5, 0.6) is 0 Å². The quantitative estimate of drug-likeness (QED) is 0.648. The van der Waals surface area contributed by atoms with Crippen LogP contribution in [-0.2, 0) is 0 Å². The first-order chi connectivity index (χ1) is 6.34. The second-order valence-corrected chi connectivity index (χ2v) is 3.73. The molecule has 80 valence electrons. The van der Waals surface area contributed by atoms with Crippen molar-refractivity contribution in [2.45, 2.75) is 65.8 Å². The Labute approximate surface area is 84.5 Å². The second-order valence-electron chi connectivity index (χ2n) is 3.73. The maximum Gasteiger partial charge on any atom is 0.00669 e. The normalized spacial score (nSPS) is 23.5. The summed E-state index contributed by atoms with van der Waals surface area (Å²) in [5, 5.41) is 0.